The molecule has 0 saturated heterocycles. The van der Waals surface area contributed by atoms with Crippen LogP contribution in [0.15, 0.2) is 24.3 Å². The highest BCUT2D eigenvalue weighted by molar-refractivity contribution is 5.75. The van der Waals surface area contributed by atoms with Crippen molar-refractivity contribution < 1.29 is 0 Å². The van der Waals surface area contributed by atoms with E-state index in [0.717, 1.165) is 31.4 Å². The van der Waals surface area contributed by atoms with E-state index in [9.17, 15) is 0 Å². The molecule has 1 aromatic carbocycles. The molecule has 3 heteroatoms. The van der Waals surface area contributed by atoms with Gasteiger partial charge in [-0.1, -0.05) is 32.9 Å². The van der Waals surface area contributed by atoms with Crippen LogP contribution in [0.4, 0.5) is 0 Å². The third kappa shape index (κ3) is 3.40. The predicted molar refractivity (Wildman–Crippen MR) is 86.0 cm³/mol. The number of nitrogens with zero attached hydrogens (tertiary/aromatic N) is 2. The number of para-hydroxylation sites is 2. The van der Waals surface area contributed by atoms with E-state index in [1.165, 1.54) is 11.3 Å². The number of hydrogen-bond donors (Lipinski definition) is 1. The Balaban J connectivity index is 2.12. The van der Waals surface area contributed by atoms with Crippen molar-refractivity contribution in [1.82, 2.24) is 14.9 Å². The summed E-state index contributed by atoms with van der Waals surface area (Å²) in [4.78, 5) is 4.77. The summed E-state index contributed by atoms with van der Waals surface area (Å²) >= 11 is 0. The fraction of sp³-hybridized carbons (Fsp3) is 0.588. The first-order chi connectivity index (χ1) is 9.63. The molecule has 1 heterocycles. The zero-order valence-electron chi connectivity index (χ0n) is 13.2. The number of imidazole rings is 1. The molecule has 1 atom stereocenters. The topological polar surface area (TPSA) is 29.9 Å². The first-order valence-electron chi connectivity index (χ1n) is 7.81. The monoisotopic (exact) mass is 273 g/mol. The van der Waals surface area contributed by atoms with E-state index in [0.29, 0.717) is 12.0 Å². The molecule has 0 bridgehead atoms. The van der Waals surface area contributed by atoms with Crippen LogP contribution in [0.2, 0.25) is 0 Å². The van der Waals surface area contributed by atoms with Crippen LogP contribution in [-0.4, -0.2) is 22.1 Å². The van der Waals surface area contributed by atoms with Crippen molar-refractivity contribution in [3.8, 4) is 0 Å². The van der Waals surface area contributed by atoms with Crippen molar-refractivity contribution in [2.24, 2.45) is 5.92 Å². The Bertz CT molecular complexity index is 542. The molecule has 0 spiro atoms. The van der Waals surface area contributed by atoms with Gasteiger partial charge in [0.05, 0.1) is 11.0 Å². The smallest absolute Gasteiger partial charge is 0.109 e. The van der Waals surface area contributed by atoms with Gasteiger partial charge in [0.1, 0.15) is 5.82 Å². The summed E-state index contributed by atoms with van der Waals surface area (Å²) in [5.41, 5.74) is 2.38. The van der Waals surface area contributed by atoms with E-state index in [4.69, 9.17) is 4.98 Å². The fourth-order valence-corrected chi connectivity index (χ4v) is 2.43. The van der Waals surface area contributed by atoms with Gasteiger partial charge in [-0.15, -0.1) is 0 Å². The van der Waals surface area contributed by atoms with Crippen molar-refractivity contribution >= 4 is 11.0 Å². The number of aromatic nitrogens is 2. The average Bonchev–Trinajstić information content (AvgIpc) is 2.77. The third-order valence-electron chi connectivity index (χ3n) is 4.01. The zero-order valence-corrected chi connectivity index (χ0v) is 13.2. The number of nitrogens with one attached hydrogen (secondary N) is 1. The Kier molecular flexibility index (Phi) is 5.18. The van der Waals surface area contributed by atoms with Crippen molar-refractivity contribution in [2.45, 2.75) is 53.1 Å². The SMILES string of the molecule is CCCc1nc2ccccc2n1CCNC(C)C(C)C. The molecule has 110 valence electrons. The second kappa shape index (κ2) is 6.89. The Morgan fingerprint density at radius 3 is 2.65 bits per heavy atom. The summed E-state index contributed by atoms with van der Waals surface area (Å²) in [6, 6.07) is 9.00. The molecule has 0 saturated carbocycles. The lowest BCUT2D eigenvalue weighted by Gasteiger charge is -2.18. The van der Waals surface area contributed by atoms with Crippen molar-refractivity contribution in [3.63, 3.8) is 0 Å². The number of benzene rings is 1. The molecule has 20 heavy (non-hydrogen) atoms. The molecule has 0 fully saturated rings. The average molecular weight is 273 g/mol. The second-order valence-corrected chi connectivity index (χ2v) is 5.91. The van der Waals surface area contributed by atoms with Crippen LogP contribution in [0.5, 0.6) is 0 Å². The summed E-state index contributed by atoms with van der Waals surface area (Å²) in [7, 11) is 0. The van der Waals surface area contributed by atoms with Gasteiger partial charge in [-0.25, -0.2) is 4.98 Å². The molecular formula is C17H27N3. The molecule has 1 N–H and O–H groups in total. The van der Waals surface area contributed by atoms with Crippen molar-refractivity contribution in [2.75, 3.05) is 6.54 Å². The number of hydrogen-bond acceptors (Lipinski definition) is 2. The summed E-state index contributed by atoms with van der Waals surface area (Å²) in [5.74, 6) is 1.89. The van der Waals surface area contributed by atoms with E-state index in [2.05, 4.69) is 61.8 Å². The molecule has 0 radical (unpaired) electrons. The van der Waals surface area contributed by atoms with E-state index in [-0.39, 0.29) is 0 Å². The molecule has 0 amide bonds. The predicted octanol–water partition coefficient (Wildman–Crippen LogP) is 3.62. The fourth-order valence-electron chi connectivity index (χ4n) is 2.43. The number of fused-ring (bicyclic) bond motifs is 1. The molecule has 0 aliphatic heterocycles. The van der Waals surface area contributed by atoms with Crippen LogP contribution in [0.3, 0.4) is 0 Å². The van der Waals surface area contributed by atoms with Gasteiger partial charge in [-0.2, -0.15) is 0 Å². The lowest BCUT2D eigenvalue weighted by molar-refractivity contribution is 0.416. The van der Waals surface area contributed by atoms with Gasteiger partial charge in [0.2, 0.25) is 0 Å². The first kappa shape index (κ1) is 15.0. The number of rotatable bonds is 7. The van der Waals surface area contributed by atoms with E-state index < -0.39 is 0 Å². The highest BCUT2D eigenvalue weighted by Gasteiger charge is 2.10. The second-order valence-electron chi connectivity index (χ2n) is 5.91. The molecule has 0 aliphatic carbocycles. The summed E-state index contributed by atoms with van der Waals surface area (Å²) in [5, 5.41) is 3.61. The first-order valence-corrected chi connectivity index (χ1v) is 7.81. The van der Waals surface area contributed by atoms with Crippen LogP contribution in [-0.2, 0) is 13.0 Å². The van der Waals surface area contributed by atoms with Gasteiger partial charge in [-0.05, 0) is 31.4 Å². The highest BCUT2D eigenvalue weighted by Crippen LogP contribution is 2.16. The molecule has 1 aromatic heterocycles. The van der Waals surface area contributed by atoms with Crippen LogP contribution >= 0.6 is 0 Å². The summed E-state index contributed by atoms with van der Waals surface area (Å²) < 4.78 is 2.37. The van der Waals surface area contributed by atoms with E-state index in [1.54, 1.807) is 0 Å². The lowest BCUT2D eigenvalue weighted by Crippen LogP contribution is -2.33. The Hall–Kier alpha value is -1.35. The van der Waals surface area contributed by atoms with Crippen molar-refractivity contribution in [1.29, 1.82) is 0 Å². The lowest BCUT2D eigenvalue weighted by atomic mass is 10.1. The van der Waals surface area contributed by atoms with Crippen molar-refractivity contribution in [3.05, 3.63) is 30.1 Å². The Labute approximate surface area is 122 Å². The van der Waals surface area contributed by atoms with Crippen LogP contribution in [0, 0.1) is 5.92 Å². The minimum absolute atomic E-state index is 0.555. The number of aryl methyl sites for hydroxylation is 1. The molecule has 2 aromatic rings. The quantitative estimate of drug-likeness (QED) is 0.835. The normalized spacial score (nSPS) is 13.2. The molecule has 3 nitrogen and oxygen atoms in total. The van der Waals surface area contributed by atoms with Crippen LogP contribution in [0.1, 0.15) is 39.9 Å². The van der Waals surface area contributed by atoms with Gasteiger partial charge in [0.25, 0.3) is 0 Å². The van der Waals surface area contributed by atoms with Gasteiger partial charge >= 0.3 is 0 Å². The highest BCUT2D eigenvalue weighted by atomic mass is 15.1. The Morgan fingerprint density at radius 1 is 1.20 bits per heavy atom. The summed E-state index contributed by atoms with van der Waals surface area (Å²) in [6.45, 7) is 11.0. The summed E-state index contributed by atoms with van der Waals surface area (Å²) in [6.07, 6.45) is 2.19. The van der Waals surface area contributed by atoms with E-state index in [1.807, 2.05) is 0 Å². The maximum absolute atomic E-state index is 4.77. The third-order valence-corrected chi connectivity index (χ3v) is 4.01. The van der Waals surface area contributed by atoms with Crippen LogP contribution in [0.25, 0.3) is 11.0 Å². The van der Waals surface area contributed by atoms with Gasteiger partial charge in [-0.3, -0.25) is 0 Å². The molecular weight excluding hydrogens is 246 g/mol. The van der Waals surface area contributed by atoms with Gasteiger partial charge in [0, 0.05) is 25.6 Å². The standard InChI is InChI=1S/C17H27N3/c1-5-8-17-19-15-9-6-7-10-16(15)20(17)12-11-18-14(4)13(2)3/h6-7,9-10,13-14,18H,5,8,11-12H2,1-4H3. The molecule has 0 aliphatic rings. The maximum atomic E-state index is 4.77. The van der Waals surface area contributed by atoms with E-state index >= 15 is 0 Å². The van der Waals surface area contributed by atoms with Crippen LogP contribution < -0.4 is 5.32 Å². The molecule has 2 rings (SSSR count). The Morgan fingerprint density at radius 2 is 1.95 bits per heavy atom. The largest absolute Gasteiger partial charge is 0.327 e. The molecule has 1 unspecified atom stereocenters. The minimum Gasteiger partial charge on any atom is -0.327 e. The van der Waals surface area contributed by atoms with Gasteiger partial charge < -0.3 is 9.88 Å². The minimum atomic E-state index is 0.555. The zero-order chi connectivity index (χ0) is 14.5. The van der Waals surface area contributed by atoms with Gasteiger partial charge in [0.15, 0.2) is 0 Å². The maximum Gasteiger partial charge on any atom is 0.109 e.